The Morgan fingerprint density at radius 1 is 1.16 bits per heavy atom. The predicted molar refractivity (Wildman–Crippen MR) is 93.1 cm³/mol. The van der Waals surface area contributed by atoms with E-state index in [1.165, 1.54) is 6.92 Å². The number of nitrogens with one attached hydrogen (secondary N) is 2. The summed E-state index contributed by atoms with van der Waals surface area (Å²) in [6.07, 6.45) is -0.489. The van der Waals surface area contributed by atoms with E-state index in [1.807, 2.05) is 0 Å². The van der Waals surface area contributed by atoms with Crippen LogP contribution in [0, 0.1) is 0 Å². The number of alkyl carbamates (subject to hydrolysis) is 1. The van der Waals surface area contributed by atoms with Crippen LogP contribution in [0.15, 0.2) is 24.3 Å². The highest BCUT2D eigenvalue weighted by Gasteiger charge is 2.24. The maximum absolute atomic E-state index is 12.3. The first-order valence-corrected chi connectivity index (χ1v) is 8.09. The van der Waals surface area contributed by atoms with Crippen molar-refractivity contribution in [2.75, 3.05) is 6.73 Å². The lowest BCUT2D eigenvalue weighted by atomic mass is 10.1. The summed E-state index contributed by atoms with van der Waals surface area (Å²) in [7, 11) is 0. The van der Waals surface area contributed by atoms with Crippen molar-refractivity contribution in [1.82, 2.24) is 10.6 Å². The molecule has 8 heteroatoms. The number of esters is 1. The van der Waals surface area contributed by atoms with Crippen molar-refractivity contribution in [3.8, 4) is 0 Å². The van der Waals surface area contributed by atoms with Gasteiger partial charge in [-0.1, -0.05) is 23.7 Å². The van der Waals surface area contributed by atoms with Crippen molar-refractivity contribution >= 4 is 29.6 Å². The van der Waals surface area contributed by atoms with Crippen LogP contribution < -0.4 is 10.6 Å². The maximum atomic E-state index is 12.3. The van der Waals surface area contributed by atoms with Crippen LogP contribution in [0.2, 0.25) is 5.02 Å². The lowest BCUT2D eigenvalue weighted by molar-refractivity contribution is -0.143. The number of benzene rings is 1. The molecule has 0 spiro atoms. The topological polar surface area (TPSA) is 93.7 Å². The SMILES string of the molecule is CC(=O)OCNC(=O)C(Cc1ccc(Cl)cc1)NC(=O)OC(C)(C)C. The van der Waals surface area contributed by atoms with Gasteiger partial charge in [0.15, 0.2) is 6.73 Å². The second kappa shape index (κ2) is 9.27. The van der Waals surface area contributed by atoms with E-state index in [0.717, 1.165) is 5.56 Å². The molecule has 0 heterocycles. The lowest BCUT2D eigenvalue weighted by Gasteiger charge is -2.23. The fourth-order valence-electron chi connectivity index (χ4n) is 1.85. The van der Waals surface area contributed by atoms with Gasteiger partial charge in [0.05, 0.1) is 0 Å². The monoisotopic (exact) mass is 370 g/mol. The Labute approximate surface area is 152 Å². The molecule has 138 valence electrons. The van der Waals surface area contributed by atoms with Gasteiger partial charge in [-0.15, -0.1) is 0 Å². The van der Waals surface area contributed by atoms with Gasteiger partial charge < -0.3 is 20.1 Å². The van der Waals surface area contributed by atoms with Crippen LogP contribution in [-0.4, -0.2) is 36.3 Å². The van der Waals surface area contributed by atoms with Crippen LogP contribution in [0.3, 0.4) is 0 Å². The molecule has 1 aromatic rings. The predicted octanol–water partition coefficient (Wildman–Crippen LogP) is 2.41. The van der Waals surface area contributed by atoms with E-state index in [-0.39, 0.29) is 13.2 Å². The number of carbonyl (C=O) groups is 3. The summed E-state index contributed by atoms with van der Waals surface area (Å²) >= 11 is 5.85. The van der Waals surface area contributed by atoms with Gasteiger partial charge in [0.2, 0.25) is 5.91 Å². The molecule has 0 radical (unpaired) electrons. The number of hydrogen-bond donors (Lipinski definition) is 2. The fraction of sp³-hybridized carbons (Fsp3) is 0.471. The Morgan fingerprint density at radius 2 is 1.76 bits per heavy atom. The van der Waals surface area contributed by atoms with Gasteiger partial charge in [0.1, 0.15) is 11.6 Å². The highest BCUT2D eigenvalue weighted by molar-refractivity contribution is 6.30. The molecule has 0 aliphatic rings. The first kappa shape index (κ1) is 20.8. The average Bonchev–Trinajstić information content (AvgIpc) is 2.46. The van der Waals surface area contributed by atoms with Crippen LogP contribution in [0.1, 0.15) is 33.3 Å². The molecule has 0 saturated heterocycles. The Balaban J connectivity index is 2.77. The van der Waals surface area contributed by atoms with E-state index in [1.54, 1.807) is 45.0 Å². The minimum Gasteiger partial charge on any atom is -0.445 e. The molecule has 7 nitrogen and oxygen atoms in total. The zero-order valence-corrected chi connectivity index (χ0v) is 15.5. The first-order chi connectivity index (χ1) is 11.6. The van der Waals surface area contributed by atoms with Crippen molar-refractivity contribution in [2.24, 2.45) is 0 Å². The molecule has 0 saturated carbocycles. The molecular formula is C17H23ClN2O5. The number of ether oxygens (including phenoxy) is 2. The Kier molecular flexibility index (Phi) is 7.70. The van der Waals surface area contributed by atoms with Crippen molar-refractivity contribution in [3.05, 3.63) is 34.9 Å². The van der Waals surface area contributed by atoms with Crippen molar-refractivity contribution in [2.45, 2.75) is 45.8 Å². The van der Waals surface area contributed by atoms with Gasteiger partial charge in [0.25, 0.3) is 0 Å². The molecule has 0 aliphatic carbocycles. The standard InChI is InChI=1S/C17H23ClN2O5/c1-11(21)24-10-19-15(22)14(20-16(23)25-17(2,3)4)9-12-5-7-13(18)8-6-12/h5-8,14H,9-10H2,1-4H3,(H,19,22)(H,20,23). The maximum Gasteiger partial charge on any atom is 0.408 e. The minimum absolute atomic E-state index is 0.225. The van der Waals surface area contributed by atoms with Crippen LogP contribution in [0.5, 0.6) is 0 Å². The van der Waals surface area contributed by atoms with Crippen LogP contribution in [0.4, 0.5) is 4.79 Å². The second-order valence-electron chi connectivity index (χ2n) is 6.35. The first-order valence-electron chi connectivity index (χ1n) is 7.72. The van der Waals surface area contributed by atoms with Gasteiger partial charge in [-0.05, 0) is 38.5 Å². The van der Waals surface area contributed by atoms with E-state index in [9.17, 15) is 14.4 Å². The third-order valence-corrected chi connectivity index (χ3v) is 3.13. The van der Waals surface area contributed by atoms with E-state index >= 15 is 0 Å². The van der Waals surface area contributed by atoms with E-state index in [2.05, 4.69) is 15.4 Å². The van der Waals surface area contributed by atoms with E-state index in [4.69, 9.17) is 16.3 Å². The highest BCUT2D eigenvalue weighted by Crippen LogP contribution is 2.12. The summed E-state index contributed by atoms with van der Waals surface area (Å²) < 4.78 is 9.86. The molecule has 1 unspecified atom stereocenters. The summed E-state index contributed by atoms with van der Waals surface area (Å²) in [5, 5.41) is 5.53. The molecule has 1 aromatic carbocycles. The fourth-order valence-corrected chi connectivity index (χ4v) is 1.97. The number of halogens is 1. The third-order valence-electron chi connectivity index (χ3n) is 2.88. The Hall–Kier alpha value is -2.28. The zero-order chi connectivity index (χ0) is 19.0. The van der Waals surface area contributed by atoms with Crippen molar-refractivity contribution in [1.29, 1.82) is 0 Å². The Bertz CT molecular complexity index is 610. The molecule has 0 aromatic heterocycles. The van der Waals surface area contributed by atoms with Crippen LogP contribution in [0.25, 0.3) is 0 Å². The molecule has 1 rings (SSSR count). The summed E-state index contributed by atoms with van der Waals surface area (Å²) in [5.74, 6) is -1.02. The zero-order valence-electron chi connectivity index (χ0n) is 14.7. The number of hydrogen-bond acceptors (Lipinski definition) is 5. The molecule has 2 amide bonds. The van der Waals surface area contributed by atoms with Gasteiger partial charge >= 0.3 is 12.1 Å². The minimum atomic E-state index is -0.897. The molecule has 1 atom stereocenters. The number of amides is 2. The van der Waals surface area contributed by atoms with Gasteiger partial charge in [-0.3, -0.25) is 9.59 Å². The molecule has 0 fully saturated rings. The normalized spacial score (nSPS) is 12.0. The summed E-state index contributed by atoms with van der Waals surface area (Å²) in [6, 6.07) is 6.00. The number of carbonyl (C=O) groups excluding carboxylic acids is 3. The average molecular weight is 371 g/mol. The van der Waals surface area contributed by atoms with Gasteiger partial charge in [-0.25, -0.2) is 4.79 Å². The van der Waals surface area contributed by atoms with E-state index < -0.39 is 29.6 Å². The van der Waals surface area contributed by atoms with Crippen molar-refractivity contribution in [3.63, 3.8) is 0 Å². The summed E-state index contributed by atoms with van der Waals surface area (Å²) in [6.45, 7) is 6.13. The number of rotatable bonds is 6. The van der Waals surface area contributed by atoms with Gasteiger partial charge in [-0.2, -0.15) is 0 Å². The van der Waals surface area contributed by atoms with Gasteiger partial charge in [0, 0.05) is 18.4 Å². The second-order valence-corrected chi connectivity index (χ2v) is 6.79. The van der Waals surface area contributed by atoms with Crippen LogP contribution in [-0.2, 0) is 25.5 Å². The summed E-state index contributed by atoms with van der Waals surface area (Å²) in [5.41, 5.74) is 0.108. The summed E-state index contributed by atoms with van der Waals surface area (Å²) in [4.78, 5) is 35.1. The molecular weight excluding hydrogens is 348 g/mol. The Morgan fingerprint density at radius 3 is 2.28 bits per heavy atom. The third kappa shape index (κ3) is 8.95. The molecule has 2 N–H and O–H groups in total. The molecule has 0 aliphatic heterocycles. The molecule has 0 bridgehead atoms. The van der Waals surface area contributed by atoms with Crippen molar-refractivity contribution < 1.29 is 23.9 Å². The van der Waals surface area contributed by atoms with E-state index in [0.29, 0.717) is 5.02 Å². The highest BCUT2D eigenvalue weighted by atomic mass is 35.5. The largest absolute Gasteiger partial charge is 0.445 e. The smallest absolute Gasteiger partial charge is 0.408 e. The quantitative estimate of drug-likeness (QED) is 0.592. The molecule has 25 heavy (non-hydrogen) atoms. The van der Waals surface area contributed by atoms with Crippen LogP contribution >= 0.6 is 11.6 Å². The lowest BCUT2D eigenvalue weighted by Crippen LogP contribution is -2.49.